The van der Waals surface area contributed by atoms with Crippen LogP contribution in [0.2, 0.25) is 0 Å². The number of benzene rings is 1. The summed E-state index contributed by atoms with van der Waals surface area (Å²) in [5, 5.41) is 2.80. The number of amides is 1. The van der Waals surface area contributed by atoms with Crippen LogP contribution in [-0.4, -0.2) is 25.7 Å². The SMILES string of the molecule is CC(C)CNC(=O)COc1ccc2c(c1)OCC2N. The zero-order valence-corrected chi connectivity index (χ0v) is 11.3. The van der Waals surface area contributed by atoms with E-state index in [9.17, 15) is 4.79 Å². The lowest BCUT2D eigenvalue weighted by atomic mass is 10.1. The monoisotopic (exact) mass is 264 g/mol. The normalized spacial score (nSPS) is 16.9. The molecule has 19 heavy (non-hydrogen) atoms. The fourth-order valence-electron chi connectivity index (χ4n) is 1.82. The maximum absolute atomic E-state index is 11.5. The van der Waals surface area contributed by atoms with E-state index in [2.05, 4.69) is 5.32 Å². The van der Waals surface area contributed by atoms with Crippen LogP contribution in [0.4, 0.5) is 0 Å². The minimum Gasteiger partial charge on any atom is -0.491 e. The third-order valence-electron chi connectivity index (χ3n) is 2.88. The zero-order chi connectivity index (χ0) is 13.8. The van der Waals surface area contributed by atoms with Crippen LogP contribution < -0.4 is 20.5 Å². The summed E-state index contributed by atoms with van der Waals surface area (Å²) in [5.74, 6) is 1.67. The molecule has 1 unspecified atom stereocenters. The smallest absolute Gasteiger partial charge is 0.257 e. The molecule has 1 aliphatic rings. The van der Waals surface area contributed by atoms with E-state index in [1.807, 2.05) is 26.0 Å². The Bertz CT molecular complexity index is 460. The molecule has 1 heterocycles. The first-order valence-corrected chi connectivity index (χ1v) is 6.48. The van der Waals surface area contributed by atoms with Gasteiger partial charge in [-0.15, -0.1) is 0 Å². The van der Waals surface area contributed by atoms with Gasteiger partial charge in [-0.1, -0.05) is 13.8 Å². The maximum Gasteiger partial charge on any atom is 0.257 e. The second-order valence-corrected chi connectivity index (χ2v) is 5.10. The second kappa shape index (κ2) is 5.93. The van der Waals surface area contributed by atoms with Crippen LogP contribution in [0.1, 0.15) is 25.5 Å². The van der Waals surface area contributed by atoms with E-state index in [0.717, 1.165) is 11.3 Å². The van der Waals surface area contributed by atoms with Crippen molar-refractivity contribution >= 4 is 5.91 Å². The number of hydrogen-bond acceptors (Lipinski definition) is 4. The van der Waals surface area contributed by atoms with Crippen LogP contribution in [0.25, 0.3) is 0 Å². The average Bonchev–Trinajstić information content (AvgIpc) is 2.75. The summed E-state index contributed by atoms with van der Waals surface area (Å²) >= 11 is 0. The Morgan fingerprint density at radius 3 is 3.11 bits per heavy atom. The van der Waals surface area contributed by atoms with E-state index in [-0.39, 0.29) is 18.6 Å². The molecule has 3 N–H and O–H groups in total. The number of rotatable bonds is 5. The standard InChI is InChI=1S/C14H20N2O3/c1-9(2)6-16-14(17)8-18-10-3-4-11-12(15)7-19-13(11)5-10/h3-5,9,12H,6-8,15H2,1-2H3,(H,16,17). The Balaban J connectivity index is 1.85. The van der Waals surface area contributed by atoms with E-state index in [1.165, 1.54) is 0 Å². The highest BCUT2D eigenvalue weighted by Crippen LogP contribution is 2.33. The summed E-state index contributed by atoms with van der Waals surface area (Å²) in [4.78, 5) is 11.5. The van der Waals surface area contributed by atoms with Crippen molar-refractivity contribution in [1.29, 1.82) is 0 Å². The van der Waals surface area contributed by atoms with Crippen molar-refractivity contribution in [3.63, 3.8) is 0 Å². The van der Waals surface area contributed by atoms with E-state index in [1.54, 1.807) is 6.07 Å². The molecule has 0 bridgehead atoms. The fourth-order valence-corrected chi connectivity index (χ4v) is 1.82. The number of ether oxygens (including phenoxy) is 2. The van der Waals surface area contributed by atoms with Crippen molar-refractivity contribution < 1.29 is 14.3 Å². The minimum absolute atomic E-state index is 0.0115. The van der Waals surface area contributed by atoms with Crippen molar-refractivity contribution in [3.05, 3.63) is 23.8 Å². The quantitative estimate of drug-likeness (QED) is 0.839. The van der Waals surface area contributed by atoms with Gasteiger partial charge in [0.25, 0.3) is 5.91 Å². The predicted octanol–water partition coefficient (Wildman–Crippen LogP) is 1.23. The lowest BCUT2D eigenvalue weighted by Crippen LogP contribution is -2.31. The first-order valence-electron chi connectivity index (χ1n) is 6.48. The topological polar surface area (TPSA) is 73.6 Å². The molecule has 1 atom stereocenters. The van der Waals surface area contributed by atoms with Crippen LogP contribution >= 0.6 is 0 Å². The predicted molar refractivity (Wildman–Crippen MR) is 72.2 cm³/mol. The molecule has 0 saturated carbocycles. The summed E-state index contributed by atoms with van der Waals surface area (Å²) in [5.41, 5.74) is 6.84. The number of carbonyl (C=O) groups excluding carboxylic acids is 1. The van der Waals surface area contributed by atoms with E-state index >= 15 is 0 Å². The Morgan fingerprint density at radius 2 is 2.37 bits per heavy atom. The Morgan fingerprint density at radius 1 is 1.58 bits per heavy atom. The molecule has 0 fully saturated rings. The van der Waals surface area contributed by atoms with Gasteiger partial charge in [0.2, 0.25) is 0 Å². The van der Waals surface area contributed by atoms with Crippen molar-refractivity contribution in [2.45, 2.75) is 19.9 Å². The van der Waals surface area contributed by atoms with Gasteiger partial charge < -0.3 is 20.5 Å². The molecule has 0 spiro atoms. The van der Waals surface area contributed by atoms with Crippen molar-refractivity contribution in [2.24, 2.45) is 11.7 Å². The first kappa shape index (κ1) is 13.7. The van der Waals surface area contributed by atoms with Gasteiger partial charge in [0.05, 0.1) is 6.04 Å². The molecule has 1 aliphatic heterocycles. The molecule has 104 valence electrons. The van der Waals surface area contributed by atoms with Gasteiger partial charge in [0, 0.05) is 18.2 Å². The molecule has 1 amide bonds. The van der Waals surface area contributed by atoms with E-state index < -0.39 is 0 Å². The fraction of sp³-hybridized carbons (Fsp3) is 0.500. The zero-order valence-electron chi connectivity index (χ0n) is 11.3. The number of carbonyl (C=O) groups is 1. The largest absolute Gasteiger partial charge is 0.491 e. The minimum atomic E-state index is -0.119. The number of fused-ring (bicyclic) bond motifs is 1. The molecule has 5 nitrogen and oxygen atoms in total. The molecule has 0 aromatic heterocycles. The summed E-state index contributed by atoms with van der Waals surface area (Å²) in [6.07, 6.45) is 0. The summed E-state index contributed by atoms with van der Waals surface area (Å²) in [7, 11) is 0. The highest BCUT2D eigenvalue weighted by Gasteiger charge is 2.20. The molecule has 5 heteroatoms. The third-order valence-corrected chi connectivity index (χ3v) is 2.88. The molecule has 0 aliphatic carbocycles. The lowest BCUT2D eigenvalue weighted by Gasteiger charge is -2.10. The average molecular weight is 264 g/mol. The van der Waals surface area contributed by atoms with Gasteiger partial charge in [-0.2, -0.15) is 0 Å². The Kier molecular flexibility index (Phi) is 4.27. The van der Waals surface area contributed by atoms with Gasteiger partial charge in [0.1, 0.15) is 18.1 Å². The van der Waals surface area contributed by atoms with Gasteiger partial charge in [-0.05, 0) is 18.1 Å². The molecular weight excluding hydrogens is 244 g/mol. The summed E-state index contributed by atoms with van der Waals surface area (Å²) in [6, 6.07) is 5.40. The van der Waals surface area contributed by atoms with Crippen LogP contribution in [0, 0.1) is 5.92 Å². The van der Waals surface area contributed by atoms with E-state index in [4.69, 9.17) is 15.2 Å². The first-order chi connectivity index (χ1) is 9.06. The molecule has 1 aromatic carbocycles. The van der Waals surface area contributed by atoms with E-state index in [0.29, 0.717) is 24.8 Å². The van der Waals surface area contributed by atoms with Crippen molar-refractivity contribution in [2.75, 3.05) is 19.8 Å². The van der Waals surface area contributed by atoms with Gasteiger partial charge in [-0.3, -0.25) is 4.79 Å². The van der Waals surface area contributed by atoms with Gasteiger partial charge in [-0.25, -0.2) is 0 Å². The van der Waals surface area contributed by atoms with Gasteiger partial charge >= 0.3 is 0 Å². The summed E-state index contributed by atoms with van der Waals surface area (Å²) < 4.78 is 10.9. The van der Waals surface area contributed by atoms with Crippen molar-refractivity contribution in [3.8, 4) is 11.5 Å². The molecule has 1 aromatic rings. The maximum atomic E-state index is 11.5. The van der Waals surface area contributed by atoms with Crippen LogP contribution in [-0.2, 0) is 4.79 Å². The van der Waals surface area contributed by atoms with Gasteiger partial charge in [0.15, 0.2) is 6.61 Å². The Labute approximate surface area is 113 Å². The number of nitrogens with one attached hydrogen (secondary N) is 1. The molecule has 0 radical (unpaired) electrons. The lowest BCUT2D eigenvalue weighted by molar-refractivity contribution is -0.123. The molecular formula is C14H20N2O3. The number of hydrogen-bond donors (Lipinski definition) is 2. The number of nitrogens with two attached hydrogens (primary N) is 1. The van der Waals surface area contributed by atoms with Crippen LogP contribution in [0.5, 0.6) is 11.5 Å². The highest BCUT2D eigenvalue weighted by atomic mass is 16.5. The molecule has 0 saturated heterocycles. The van der Waals surface area contributed by atoms with Crippen LogP contribution in [0.15, 0.2) is 18.2 Å². The van der Waals surface area contributed by atoms with Crippen LogP contribution in [0.3, 0.4) is 0 Å². The highest BCUT2D eigenvalue weighted by molar-refractivity contribution is 5.77. The molecule has 2 rings (SSSR count). The third kappa shape index (κ3) is 3.61. The second-order valence-electron chi connectivity index (χ2n) is 5.10. The Hall–Kier alpha value is -1.75. The summed E-state index contributed by atoms with van der Waals surface area (Å²) in [6.45, 7) is 5.25. The van der Waals surface area contributed by atoms with Crippen molar-refractivity contribution in [1.82, 2.24) is 5.32 Å².